The zero-order valence-corrected chi connectivity index (χ0v) is 9.23. The Balaban J connectivity index is 3.26. The molecule has 0 saturated heterocycles. The molecule has 0 aliphatic heterocycles. The van der Waals surface area contributed by atoms with Crippen LogP contribution in [0.5, 0.6) is 11.5 Å². The first-order valence-corrected chi connectivity index (χ1v) is 4.56. The van der Waals surface area contributed by atoms with E-state index in [-0.39, 0.29) is 17.1 Å². The third kappa shape index (κ3) is 2.50. The zero-order valence-electron chi connectivity index (χ0n) is 9.23. The predicted molar refractivity (Wildman–Crippen MR) is 56.0 cm³/mol. The van der Waals surface area contributed by atoms with Crippen molar-refractivity contribution in [3.8, 4) is 11.5 Å². The summed E-state index contributed by atoms with van der Waals surface area (Å²) in [7, 11) is 1.36. The van der Waals surface area contributed by atoms with Crippen LogP contribution in [0.2, 0.25) is 0 Å². The summed E-state index contributed by atoms with van der Waals surface area (Å²) in [5.74, 6) is -1.11. The highest BCUT2D eigenvalue weighted by Crippen LogP contribution is 2.28. The molecule has 0 bridgehead atoms. The molecule has 0 amide bonds. The molecule has 0 aromatic heterocycles. The summed E-state index contributed by atoms with van der Waals surface area (Å²) in [5.41, 5.74) is 0.543. The Morgan fingerprint density at radius 3 is 2.38 bits per heavy atom. The van der Waals surface area contributed by atoms with Crippen molar-refractivity contribution in [2.45, 2.75) is 13.8 Å². The topological polar surface area (TPSA) is 72.8 Å². The largest absolute Gasteiger partial charge is 0.496 e. The van der Waals surface area contributed by atoms with Gasteiger partial charge in [0.05, 0.1) is 7.11 Å². The van der Waals surface area contributed by atoms with Crippen molar-refractivity contribution in [1.29, 1.82) is 0 Å². The van der Waals surface area contributed by atoms with Crippen molar-refractivity contribution in [2.75, 3.05) is 7.11 Å². The molecule has 5 nitrogen and oxygen atoms in total. The number of hydrogen-bond acceptors (Lipinski definition) is 4. The SMILES string of the molecule is COc1cc(OC(C)=O)cc(C)c1C(=O)O. The number of aryl methyl sites for hydroxylation is 1. The summed E-state index contributed by atoms with van der Waals surface area (Å²) in [5, 5.41) is 8.96. The van der Waals surface area contributed by atoms with Gasteiger partial charge in [0.1, 0.15) is 17.1 Å². The van der Waals surface area contributed by atoms with E-state index in [4.69, 9.17) is 14.6 Å². The third-order valence-corrected chi connectivity index (χ3v) is 1.97. The highest BCUT2D eigenvalue weighted by atomic mass is 16.5. The van der Waals surface area contributed by atoms with E-state index in [0.717, 1.165) is 0 Å². The van der Waals surface area contributed by atoms with Gasteiger partial charge in [0.15, 0.2) is 0 Å². The highest BCUT2D eigenvalue weighted by Gasteiger charge is 2.16. The van der Waals surface area contributed by atoms with Crippen molar-refractivity contribution < 1.29 is 24.2 Å². The number of carboxylic acids is 1. The molecule has 0 atom stereocenters. The second-order valence-electron chi connectivity index (χ2n) is 3.22. The molecule has 86 valence electrons. The number of carbonyl (C=O) groups excluding carboxylic acids is 1. The van der Waals surface area contributed by atoms with Gasteiger partial charge in [-0.2, -0.15) is 0 Å². The fraction of sp³-hybridized carbons (Fsp3) is 0.273. The molecule has 5 heteroatoms. The molecule has 1 N–H and O–H groups in total. The number of ether oxygens (including phenoxy) is 2. The van der Waals surface area contributed by atoms with Crippen molar-refractivity contribution in [1.82, 2.24) is 0 Å². The first-order chi connectivity index (χ1) is 7.45. The Bertz CT molecular complexity index is 436. The molecule has 0 radical (unpaired) electrons. The van der Waals surface area contributed by atoms with Crippen molar-refractivity contribution in [3.05, 3.63) is 23.3 Å². The van der Waals surface area contributed by atoms with Crippen molar-refractivity contribution in [2.24, 2.45) is 0 Å². The molecule has 1 aromatic carbocycles. The van der Waals surface area contributed by atoms with Gasteiger partial charge < -0.3 is 14.6 Å². The standard InChI is InChI=1S/C11H12O5/c1-6-4-8(16-7(2)12)5-9(15-3)10(6)11(13)14/h4-5H,1-3H3,(H,13,14). The van der Waals surface area contributed by atoms with E-state index in [2.05, 4.69) is 0 Å². The number of rotatable bonds is 3. The molecule has 0 fully saturated rings. The van der Waals surface area contributed by atoms with Crippen molar-refractivity contribution in [3.63, 3.8) is 0 Å². The molecule has 0 heterocycles. The van der Waals surface area contributed by atoms with Gasteiger partial charge in [-0.3, -0.25) is 4.79 Å². The Morgan fingerprint density at radius 1 is 1.31 bits per heavy atom. The minimum atomic E-state index is -1.08. The number of esters is 1. The average molecular weight is 224 g/mol. The van der Waals surface area contributed by atoms with Crippen LogP contribution in [0.15, 0.2) is 12.1 Å². The first kappa shape index (κ1) is 12.0. The van der Waals surface area contributed by atoms with E-state index in [1.807, 2.05) is 0 Å². The maximum atomic E-state index is 10.9. The van der Waals surface area contributed by atoms with Gasteiger partial charge in [-0.1, -0.05) is 0 Å². The number of methoxy groups -OCH3 is 1. The molecule has 1 aromatic rings. The summed E-state index contributed by atoms with van der Waals surface area (Å²) >= 11 is 0. The summed E-state index contributed by atoms with van der Waals surface area (Å²) in [6.45, 7) is 2.88. The van der Waals surface area contributed by atoms with E-state index >= 15 is 0 Å². The predicted octanol–water partition coefficient (Wildman–Crippen LogP) is 1.63. The van der Waals surface area contributed by atoms with Gasteiger partial charge in [0, 0.05) is 13.0 Å². The number of carbonyl (C=O) groups is 2. The minimum Gasteiger partial charge on any atom is -0.496 e. The third-order valence-electron chi connectivity index (χ3n) is 1.97. The molecular formula is C11H12O5. The number of benzene rings is 1. The first-order valence-electron chi connectivity index (χ1n) is 4.56. The van der Waals surface area contributed by atoms with E-state index in [9.17, 15) is 9.59 Å². The van der Waals surface area contributed by atoms with Gasteiger partial charge in [-0.15, -0.1) is 0 Å². The lowest BCUT2D eigenvalue weighted by atomic mass is 10.1. The van der Waals surface area contributed by atoms with Crippen LogP contribution in [-0.4, -0.2) is 24.2 Å². The Labute approximate surface area is 92.6 Å². The average Bonchev–Trinajstić information content (AvgIpc) is 2.14. The van der Waals surface area contributed by atoms with Gasteiger partial charge in [0.2, 0.25) is 0 Å². The molecule has 0 aliphatic rings. The highest BCUT2D eigenvalue weighted by molar-refractivity contribution is 5.93. The van der Waals surface area contributed by atoms with Crippen LogP contribution < -0.4 is 9.47 Å². The summed E-state index contributed by atoms with van der Waals surface area (Å²) < 4.78 is 9.80. The lowest BCUT2D eigenvalue weighted by molar-refractivity contribution is -0.131. The minimum absolute atomic E-state index is 0.0680. The van der Waals surface area contributed by atoms with Crippen LogP contribution in [0, 0.1) is 6.92 Å². The van der Waals surface area contributed by atoms with Crippen LogP contribution in [-0.2, 0) is 4.79 Å². The van der Waals surface area contributed by atoms with Gasteiger partial charge in [0.25, 0.3) is 0 Å². The quantitative estimate of drug-likeness (QED) is 0.624. The summed E-state index contributed by atoms with van der Waals surface area (Å²) in [4.78, 5) is 21.7. The smallest absolute Gasteiger partial charge is 0.339 e. The molecule has 1 rings (SSSR count). The molecule has 16 heavy (non-hydrogen) atoms. The fourth-order valence-corrected chi connectivity index (χ4v) is 1.38. The number of aromatic carboxylic acids is 1. The van der Waals surface area contributed by atoms with Gasteiger partial charge in [-0.25, -0.2) is 4.79 Å². The van der Waals surface area contributed by atoms with Crippen LogP contribution in [0.25, 0.3) is 0 Å². The van der Waals surface area contributed by atoms with E-state index < -0.39 is 11.9 Å². The Hall–Kier alpha value is -2.04. The van der Waals surface area contributed by atoms with E-state index in [1.54, 1.807) is 6.92 Å². The summed E-state index contributed by atoms with van der Waals surface area (Å²) in [6, 6.07) is 2.85. The lowest BCUT2D eigenvalue weighted by Crippen LogP contribution is -2.06. The van der Waals surface area contributed by atoms with Gasteiger partial charge in [-0.05, 0) is 18.6 Å². The number of hydrogen-bond donors (Lipinski definition) is 1. The van der Waals surface area contributed by atoms with E-state index in [1.165, 1.54) is 26.2 Å². The maximum Gasteiger partial charge on any atom is 0.339 e. The lowest BCUT2D eigenvalue weighted by Gasteiger charge is -2.10. The monoisotopic (exact) mass is 224 g/mol. The molecule has 0 unspecified atom stereocenters. The molecular weight excluding hydrogens is 212 g/mol. The zero-order chi connectivity index (χ0) is 12.3. The second kappa shape index (κ2) is 4.65. The number of carboxylic acid groups (broad SMARTS) is 1. The Kier molecular flexibility index (Phi) is 3.50. The summed E-state index contributed by atoms with van der Waals surface area (Å²) in [6.07, 6.45) is 0. The maximum absolute atomic E-state index is 10.9. The molecule has 0 aliphatic carbocycles. The molecule has 0 spiro atoms. The Morgan fingerprint density at radius 2 is 1.94 bits per heavy atom. The van der Waals surface area contributed by atoms with Crippen LogP contribution in [0.1, 0.15) is 22.8 Å². The second-order valence-corrected chi connectivity index (χ2v) is 3.22. The van der Waals surface area contributed by atoms with Crippen molar-refractivity contribution >= 4 is 11.9 Å². The normalized spacial score (nSPS) is 9.69. The fourth-order valence-electron chi connectivity index (χ4n) is 1.38. The van der Waals surface area contributed by atoms with Crippen LogP contribution >= 0.6 is 0 Å². The van der Waals surface area contributed by atoms with Crippen LogP contribution in [0.4, 0.5) is 0 Å². The van der Waals surface area contributed by atoms with Gasteiger partial charge >= 0.3 is 11.9 Å². The van der Waals surface area contributed by atoms with E-state index in [0.29, 0.717) is 5.56 Å². The van der Waals surface area contributed by atoms with Crippen LogP contribution in [0.3, 0.4) is 0 Å². The molecule has 0 saturated carbocycles.